The van der Waals surface area contributed by atoms with Crippen LogP contribution in [0.2, 0.25) is 10.0 Å². The molecule has 7 nitrogen and oxygen atoms in total. The fourth-order valence-corrected chi connectivity index (χ4v) is 3.92. The number of anilines is 2. The number of carbonyl (C=O) groups is 3. The number of pyridine rings is 1. The molecule has 32 heavy (non-hydrogen) atoms. The van der Waals surface area contributed by atoms with E-state index in [0.29, 0.717) is 11.3 Å². The Morgan fingerprint density at radius 1 is 1.06 bits per heavy atom. The molecule has 3 aromatic rings. The molecule has 0 fully saturated rings. The summed E-state index contributed by atoms with van der Waals surface area (Å²) in [6.07, 6.45) is 3.08. The van der Waals surface area contributed by atoms with Crippen LogP contribution in [0.15, 0.2) is 65.8 Å². The number of carbonyl (C=O) groups excluding carboxylic acids is 3. The summed E-state index contributed by atoms with van der Waals surface area (Å²) in [7, 11) is 1.22. The van der Waals surface area contributed by atoms with Gasteiger partial charge in [0.05, 0.1) is 29.1 Å². The summed E-state index contributed by atoms with van der Waals surface area (Å²) in [6.45, 7) is 0. The predicted octanol–water partition coefficient (Wildman–Crippen LogP) is 5.16. The maximum absolute atomic E-state index is 12.4. The Bertz CT molecular complexity index is 1140. The topological polar surface area (TPSA) is 97.4 Å². The molecule has 0 atom stereocenters. The molecule has 1 heterocycles. The van der Waals surface area contributed by atoms with Crippen LogP contribution in [-0.2, 0) is 9.53 Å². The van der Waals surface area contributed by atoms with Gasteiger partial charge in [0.2, 0.25) is 5.91 Å². The van der Waals surface area contributed by atoms with Crippen LogP contribution >= 0.6 is 35.0 Å². The maximum atomic E-state index is 12.4. The molecule has 1 aromatic heterocycles. The molecule has 2 aromatic carbocycles. The van der Waals surface area contributed by atoms with Gasteiger partial charge in [-0.1, -0.05) is 23.2 Å². The van der Waals surface area contributed by atoms with Gasteiger partial charge in [-0.2, -0.15) is 0 Å². The number of hydrogen-bond acceptors (Lipinski definition) is 6. The number of nitrogens with zero attached hydrogens (tertiary/aromatic N) is 1. The minimum atomic E-state index is -0.682. The number of methoxy groups -OCH3 is 1. The standard InChI is InChI=1S/C22H17Cl2N3O4S/c1-31-22(30)20-17(24)9-14(23)10-18(20)27-19(28)12-32-16-6-4-15(5-7-16)26-21(29)13-3-2-8-25-11-13/h2-11H,12H2,1H3,(H,26,29)(H,27,28). The molecule has 2 N–H and O–H groups in total. The van der Waals surface area contributed by atoms with Crippen LogP contribution in [0.1, 0.15) is 20.7 Å². The van der Waals surface area contributed by atoms with Gasteiger partial charge < -0.3 is 15.4 Å². The van der Waals surface area contributed by atoms with Crippen molar-refractivity contribution in [2.24, 2.45) is 0 Å². The Hall–Kier alpha value is -3.07. The first-order chi connectivity index (χ1) is 15.4. The van der Waals surface area contributed by atoms with Crippen LogP contribution in [-0.4, -0.2) is 35.6 Å². The first-order valence-electron chi connectivity index (χ1n) is 9.19. The molecule has 0 saturated carbocycles. The summed E-state index contributed by atoms with van der Waals surface area (Å²) in [5.41, 5.74) is 1.28. The number of amides is 2. The number of benzene rings is 2. The molecule has 0 aliphatic heterocycles. The van der Waals surface area contributed by atoms with Crippen molar-refractivity contribution >= 4 is 64.1 Å². The highest BCUT2D eigenvalue weighted by Crippen LogP contribution is 2.30. The second-order valence-corrected chi connectivity index (χ2v) is 8.25. The van der Waals surface area contributed by atoms with E-state index >= 15 is 0 Å². The van der Waals surface area contributed by atoms with Crippen molar-refractivity contribution in [2.45, 2.75) is 4.90 Å². The Labute approximate surface area is 198 Å². The summed E-state index contributed by atoms with van der Waals surface area (Å²) < 4.78 is 4.72. The monoisotopic (exact) mass is 489 g/mol. The molecule has 0 radical (unpaired) electrons. The van der Waals surface area contributed by atoms with E-state index in [2.05, 4.69) is 15.6 Å². The van der Waals surface area contributed by atoms with E-state index in [-0.39, 0.29) is 38.9 Å². The van der Waals surface area contributed by atoms with Gasteiger partial charge in [0.15, 0.2) is 0 Å². The lowest BCUT2D eigenvalue weighted by Gasteiger charge is -2.12. The minimum Gasteiger partial charge on any atom is -0.465 e. The fraction of sp³-hybridized carbons (Fsp3) is 0.0909. The summed E-state index contributed by atoms with van der Waals surface area (Å²) in [4.78, 5) is 41.3. The van der Waals surface area contributed by atoms with Crippen molar-refractivity contribution < 1.29 is 19.1 Å². The number of ether oxygens (including phenoxy) is 1. The second-order valence-electron chi connectivity index (χ2n) is 6.36. The van der Waals surface area contributed by atoms with Crippen molar-refractivity contribution in [1.82, 2.24) is 4.98 Å². The van der Waals surface area contributed by atoms with Gasteiger partial charge in [0.1, 0.15) is 5.56 Å². The first kappa shape index (κ1) is 23.6. The van der Waals surface area contributed by atoms with Crippen LogP contribution in [0.3, 0.4) is 0 Å². The van der Waals surface area contributed by atoms with E-state index < -0.39 is 5.97 Å². The van der Waals surface area contributed by atoms with Gasteiger partial charge in [-0.25, -0.2) is 4.79 Å². The lowest BCUT2D eigenvalue weighted by atomic mass is 10.1. The first-order valence-corrected chi connectivity index (χ1v) is 10.9. The van der Waals surface area contributed by atoms with Gasteiger partial charge in [0, 0.05) is 28.0 Å². The summed E-state index contributed by atoms with van der Waals surface area (Å²) >= 11 is 13.4. The molecule has 2 amide bonds. The SMILES string of the molecule is COC(=O)c1c(Cl)cc(Cl)cc1NC(=O)CSc1ccc(NC(=O)c2cccnc2)cc1. The Balaban J connectivity index is 1.59. The summed E-state index contributed by atoms with van der Waals surface area (Å²) in [6, 6.07) is 13.2. The van der Waals surface area contributed by atoms with Gasteiger partial charge in [-0.05, 0) is 48.5 Å². The van der Waals surface area contributed by atoms with E-state index in [9.17, 15) is 14.4 Å². The fourth-order valence-electron chi connectivity index (χ4n) is 2.65. The molecule has 0 aliphatic carbocycles. The van der Waals surface area contributed by atoms with Crippen molar-refractivity contribution in [1.29, 1.82) is 0 Å². The quantitative estimate of drug-likeness (QED) is 0.351. The van der Waals surface area contributed by atoms with Crippen molar-refractivity contribution in [3.05, 3.63) is 82.1 Å². The number of rotatable bonds is 7. The van der Waals surface area contributed by atoms with Crippen molar-refractivity contribution in [2.75, 3.05) is 23.5 Å². The van der Waals surface area contributed by atoms with Crippen LogP contribution in [0.4, 0.5) is 11.4 Å². The zero-order chi connectivity index (χ0) is 23.1. The molecule has 164 valence electrons. The van der Waals surface area contributed by atoms with Crippen LogP contribution in [0.25, 0.3) is 0 Å². The van der Waals surface area contributed by atoms with Gasteiger partial charge >= 0.3 is 5.97 Å². The smallest absolute Gasteiger partial charge is 0.341 e. The molecule has 3 rings (SSSR count). The van der Waals surface area contributed by atoms with Gasteiger partial charge in [-0.3, -0.25) is 14.6 Å². The lowest BCUT2D eigenvalue weighted by Crippen LogP contribution is -2.17. The number of thioether (sulfide) groups is 1. The number of nitrogens with one attached hydrogen (secondary N) is 2. The molecule has 10 heteroatoms. The Kier molecular flexibility index (Phi) is 8.10. The number of esters is 1. The van der Waals surface area contributed by atoms with E-state index in [1.54, 1.807) is 42.6 Å². The second kappa shape index (κ2) is 11.0. The zero-order valence-corrected chi connectivity index (χ0v) is 19.1. The number of halogens is 2. The zero-order valence-electron chi connectivity index (χ0n) is 16.7. The number of aromatic nitrogens is 1. The van der Waals surface area contributed by atoms with E-state index in [1.165, 1.54) is 37.2 Å². The van der Waals surface area contributed by atoms with E-state index in [0.717, 1.165) is 4.90 Å². The third-order valence-corrected chi connectivity index (χ3v) is 5.65. The molecule has 0 spiro atoms. The highest BCUT2D eigenvalue weighted by Gasteiger charge is 2.19. The van der Waals surface area contributed by atoms with E-state index in [1.807, 2.05) is 0 Å². The largest absolute Gasteiger partial charge is 0.465 e. The normalized spacial score (nSPS) is 10.3. The minimum absolute atomic E-state index is 0.0330. The molecule has 0 unspecified atom stereocenters. The molecular weight excluding hydrogens is 473 g/mol. The van der Waals surface area contributed by atoms with Crippen LogP contribution in [0.5, 0.6) is 0 Å². The third-order valence-electron chi connectivity index (χ3n) is 4.12. The average molecular weight is 490 g/mol. The predicted molar refractivity (Wildman–Crippen MR) is 126 cm³/mol. The molecule has 0 aliphatic rings. The van der Waals surface area contributed by atoms with Gasteiger partial charge in [-0.15, -0.1) is 11.8 Å². The van der Waals surface area contributed by atoms with Crippen LogP contribution in [0, 0.1) is 0 Å². The molecule has 0 bridgehead atoms. The Morgan fingerprint density at radius 2 is 1.81 bits per heavy atom. The third kappa shape index (κ3) is 6.23. The van der Waals surface area contributed by atoms with Crippen molar-refractivity contribution in [3.63, 3.8) is 0 Å². The summed E-state index contributed by atoms with van der Waals surface area (Å²) in [5.74, 6) is -1.22. The average Bonchev–Trinajstić information content (AvgIpc) is 2.78. The molecular formula is C22H17Cl2N3O4S. The highest BCUT2D eigenvalue weighted by atomic mass is 35.5. The van der Waals surface area contributed by atoms with Crippen LogP contribution < -0.4 is 10.6 Å². The molecule has 0 saturated heterocycles. The van der Waals surface area contributed by atoms with E-state index in [4.69, 9.17) is 27.9 Å². The van der Waals surface area contributed by atoms with Crippen molar-refractivity contribution in [3.8, 4) is 0 Å². The Morgan fingerprint density at radius 3 is 2.47 bits per heavy atom. The number of hydrogen-bond donors (Lipinski definition) is 2. The highest BCUT2D eigenvalue weighted by molar-refractivity contribution is 8.00. The summed E-state index contributed by atoms with van der Waals surface area (Å²) in [5, 5.41) is 5.77. The van der Waals surface area contributed by atoms with Gasteiger partial charge in [0.25, 0.3) is 5.91 Å². The lowest BCUT2D eigenvalue weighted by molar-refractivity contribution is -0.113. The maximum Gasteiger partial charge on any atom is 0.341 e.